The number of carbonyl (C=O) groups excluding carboxylic acids is 1. The number of rotatable bonds is 4. The topological polar surface area (TPSA) is 57.6 Å². The van der Waals surface area contributed by atoms with E-state index in [1.165, 1.54) is 11.3 Å². The molecule has 0 saturated carbocycles. The summed E-state index contributed by atoms with van der Waals surface area (Å²) in [6.45, 7) is 2.37. The molecule has 0 fully saturated rings. The summed E-state index contributed by atoms with van der Waals surface area (Å²) in [4.78, 5) is 24.6. The highest BCUT2D eigenvalue weighted by molar-refractivity contribution is 7.08. The molecule has 1 aromatic carbocycles. The van der Waals surface area contributed by atoms with Crippen molar-refractivity contribution in [1.82, 2.24) is 4.90 Å². The molecular formula is C15H15NO3S. The molecule has 2 aromatic rings. The molecule has 20 heavy (non-hydrogen) atoms. The third kappa shape index (κ3) is 3.05. The van der Waals surface area contributed by atoms with Crippen LogP contribution < -0.4 is 0 Å². The molecule has 0 bridgehead atoms. The van der Waals surface area contributed by atoms with E-state index in [1.807, 2.05) is 17.7 Å². The van der Waals surface area contributed by atoms with Gasteiger partial charge in [0.1, 0.15) is 0 Å². The van der Waals surface area contributed by atoms with Gasteiger partial charge in [0.15, 0.2) is 0 Å². The lowest BCUT2D eigenvalue weighted by atomic mass is 10.1. The molecule has 4 nitrogen and oxygen atoms in total. The van der Waals surface area contributed by atoms with Gasteiger partial charge in [0.2, 0.25) is 0 Å². The first-order chi connectivity index (χ1) is 9.49. The molecule has 1 heterocycles. The van der Waals surface area contributed by atoms with Gasteiger partial charge in [-0.05, 0) is 35.6 Å². The number of hydrogen-bond donors (Lipinski definition) is 1. The van der Waals surface area contributed by atoms with E-state index < -0.39 is 5.97 Å². The number of carboxylic acid groups (broad SMARTS) is 1. The van der Waals surface area contributed by atoms with Gasteiger partial charge < -0.3 is 10.0 Å². The summed E-state index contributed by atoms with van der Waals surface area (Å²) in [6.07, 6.45) is 0. The summed E-state index contributed by atoms with van der Waals surface area (Å²) in [6, 6.07) is 6.55. The van der Waals surface area contributed by atoms with Gasteiger partial charge in [-0.3, -0.25) is 4.79 Å². The van der Waals surface area contributed by atoms with Crippen LogP contribution in [0.25, 0.3) is 0 Å². The van der Waals surface area contributed by atoms with Gasteiger partial charge in [0.05, 0.1) is 11.1 Å². The zero-order valence-corrected chi connectivity index (χ0v) is 12.1. The predicted molar refractivity (Wildman–Crippen MR) is 78.3 cm³/mol. The molecule has 0 spiro atoms. The molecule has 1 amide bonds. The van der Waals surface area contributed by atoms with E-state index in [4.69, 9.17) is 5.11 Å². The minimum atomic E-state index is -0.949. The summed E-state index contributed by atoms with van der Waals surface area (Å²) < 4.78 is 0. The Balaban J connectivity index is 2.08. The van der Waals surface area contributed by atoms with Crippen molar-refractivity contribution in [3.63, 3.8) is 0 Å². The quantitative estimate of drug-likeness (QED) is 0.941. The molecule has 0 aliphatic carbocycles. The van der Waals surface area contributed by atoms with Crippen LogP contribution in [0.2, 0.25) is 0 Å². The third-order valence-corrected chi connectivity index (χ3v) is 3.91. The standard InChI is InChI=1S/C15H15NO3S/c1-10-8-20-9-13(10)14(17)16(2)7-11-3-5-12(6-4-11)15(18)19/h3-6,8-9H,7H2,1-2H3,(H,18,19). The Bertz CT molecular complexity index is 631. The molecule has 0 atom stereocenters. The van der Waals surface area contributed by atoms with Crippen molar-refractivity contribution in [3.05, 3.63) is 57.3 Å². The number of nitrogens with zero attached hydrogens (tertiary/aromatic N) is 1. The highest BCUT2D eigenvalue weighted by Gasteiger charge is 2.15. The number of aromatic carboxylic acids is 1. The van der Waals surface area contributed by atoms with Crippen LogP contribution >= 0.6 is 11.3 Å². The summed E-state index contributed by atoms with van der Waals surface area (Å²) in [5.74, 6) is -0.971. The average molecular weight is 289 g/mol. The fourth-order valence-corrected chi connectivity index (χ4v) is 2.71. The van der Waals surface area contributed by atoms with Gasteiger partial charge in [0.25, 0.3) is 5.91 Å². The van der Waals surface area contributed by atoms with Crippen LogP contribution in [-0.4, -0.2) is 28.9 Å². The Labute approximate surface area is 121 Å². The van der Waals surface area contributed by atoms with E-state index in [2.05, 4.69) is 0 Å². The Morgan fingerprint density at radius 1 is 1.20 bits per heavy atom. The number of hydrogen-bond acceptors (Lipinski definition) is 3. The van der Waals surface area contributed by atoms with E-state index in [9.17, 15) is 9.59 Å². The Morgan fingerprint density at radius 2 is 1.85 bits per heavy atom. The van der Waals surface area contributed by atoms with Gasteiger partial charge in [-0.15, -0.1) is 0 Å². The first-order valence-electron chi connectivity index (χ1n) is 6.09. The van der Waals surface area contributed by atoms with E-state index in [1.54, 1.807) is 36.2 Å². The van der Waals surface area contributed by atoms with Crippen LogP contribution in [0.15, 0.2) is 35.0 Å². The Morgan fingerprint density at radius 3 is 2.35 bits per heavy atom. The molecule has 104 valence electrons. The van der Waals surface area contributed by atoms with Gasteiger partial charge in [-0.2, -0.15) is 11.3 Å². The fourth-order valence-electron chi connectivity index (χ4n) is 1.88. The second kappa shape index (κ2) is 5.88. The van der Waals surface area contributed by atoms with Crippen LogP contribution in [0, 0.1) is 6.92 Å². The zero-order valence-electron chi connectivity index (χ0n) is 11.3. The van der Waals surface area contributed by atoms with Crippen LogP contribution in [0.1, 0.15) is 31.8 Å². The van der Waals surface area contributed by atoms with Crippen molar-refractivity contribution in [2.24, 2.45) is 0 Å². The van der Waals surface area contributed by atoms with Crippen LogP contribution in [0.3, 0.4) is 0 Å². The van der Waals surface area contributed by atoms with Gasteiger partial charge in [-0.1, -0.05) is 12.1 Å². The van der Waals surface area contributed by atoms with Gasteiger partial charge in [0, 0.05) is 19.0 Å². The smallest absolute Gasteiger partial charge is 0.335 e. The maximum Gasteiger partial charge on any atom is 0.335 e. The lowest BCUT2D eigenvalue weighted by molar-refractivity contribution is 0.0695. The molecule has 1 N–H and O–H groups in total. The molecule has 1 aromatic heterocycles. The molecule has 2 rings (SSSR count). The number of aryl methyl sites for hydroxylation is 1. The highest BCUT2D eigenvalue weighted by atomic mass is 32.1. The summed E-state index contributed by atoms with van der Waals surface area (Å²) in [5, 5.41) is 12.6. The van der Waals surface area contributed by atoms with E-state index >= 15 is 0 Å². The van der Waals surface area contributed by atoms with Crippen molar-refractivity contribution in [1.29, 1.82) is 0 Å². The average Bonchev–Trinajstić information content (AvgIpc) is 2.84. The molecule has 0 aliphatic heterocycles. The van der Waals surface area contributed by atoms with Crippen LogP contribution in [-0.2, 0) is 6.54 Å². The van der Waals surface area contributed by atoms with E-state index in [0.29, 0.717) is 6.54 Å². The minimum absolute atomic E-state index is 0.0222. The molecular weight excluding hydrogens is 274 g/mol. The van der Waals surface area contributed by atoms with Crippen molar-refractivity contribution < 1.29 is 14.7 Å². The normalized spacial score (nSPS) is 10.3. The number of benzene rings is 1. The van der Waals surface area contributed by atoms with E-state index in [-0.39, 0.29) is 11.5 Å². The highest BCUT2D eigenvalue weighted by Crippen LogP contribution is 2.17. The minimum Gasteiger partial charge on any atom is -0.478 e. The van der Waals surface area contributed by atoms with Crippen molar-refractivity contribution >= 4 is 23.2 Å². The Kier molecular flexibility index (Phi) is 4.20. The van der Waals surface area contributed by atoms with Crippen LogP contribution in [0.4, 0.5) is 0 Å². The number of amides is 1. The fraction of sp³-hybridized carbons (Fsp3) is 0.200. The molecule has 0 aliphatic rings. The van der Waals surface area contributed by atoms with Crippen molar-refractivity contribution in [2.45, 2.75) is 13.5 Å². The summed E-state index contributed by atoms with van der Waals surface area (Å²) in [7, 11) is 1.74. The second-order valence-electron chi connectivity index (χ2n) is 4.63. The maximum atomic E-state index is 12.2. The SMILES string of the molecule is Cc1cscc1C(=O)N(C)Cc1ccc(C(=O)O)cc1. The van der Waals surface area contributed by atoms with Crippen molar-refractivity contribution in [2.75, 3.05) is 7.05 Å². The predicted octanol–water partition coefficient (Wildman–Crippen LogP) is 3.03. The lowest BCUT2D eigenvalue weighted by Crippen LogP contribution is -2.26. The largest absolute Gasteiger partial charge is 0.478 e. The van der Waals surface area contributed by atoms with E-state index in [0.717, 1.165) is 16.7 Å². The number of thiophene rings is 1. The summed E-state index contributed by atoms with van der Waals surface area (Å²) in [5.41, 5.74) is 2.85. The Hall–Kier alpha value is -2.14. The maximum absolute atomic E-state index is 12.2. The van der Waals surface area contributed by atoms with Crippen LogP contribution in [0.5, 0.6) is 0 Å². The van der Waals surface area contributed by atoms with Crippen molar-refractivity contribution in [3.8, 4) is 0 Å². The monoisotopic (exact) mass is 289 g/mol. The summed E-state index contributed by atoms with van der Waals surface area (Å²) >= 11 is 1.51. The van der Waals surface area contributed by atoms with Gasteiger partial charge >= 0.3 is 5.97 Å². The first kappa shape index (κ1) is 14.3. The number of carbonyl (C=O) groups is 2. The lowest BCUT2D eigenvalue weighted by Gasteiger charge is -2.17. The molecule has 0 saturated heterocycles. The zero-order chi connectivity index (χ0) is 14.7. The molecule has 0 radical (unpaired) electrons. The first-order valence-corrected chi connectivity index (χ1v) is 7.04. The number of carboxylic acids is 1. The second-order valence-corrected chi connectivity index (χ2v) is 5.38. The molecule has 0 unspecified atom stereocenters. The van der Waals surface area contributed by atoms with Gasteiger partial charge in [-0.25, -0.2) is 4.79 Å². The third-order valence-electron chi connectivity index (χ3n) is 3.05. The molecule has 5 heteroatoms.